The van der Waals surface area contributed by atoms with Crippen LogP contribution in [-0.4, -0.2) is 52.7 Å². The quantitative estimate of drug-likeness (QED) is 0.431. The molecule has 6 nitrogen and oxygen atoms in total. The van der Waals surface area contributed by atoms with Crippen molar-refractivity contribution < 1.29 is 31.5 Å². The second-order valence-electron chi connectivity index (χ2n) is 9.14. The Morgan fingerprint density at radius 2 is 1.66 bits per heavy atom. The van der Waals surface area contributed by atoms with Gasteiger partial charge in [-0.3, -0.25) is 0 Å². The Morgan fingerprint density at radius 1 is 1.00 bits per heavy atom. The number of carbonyl (C=O) groups is 1. The van der Waals surface area contributed by atoms with Crippen LogP contribution in [-0.2, 0) is 10.9 Å². The van der Waals surface area contributed by atoms with E-state index in [9.17, 15) is 22.4 Å². The summed E-state index contributed by atoms with van der Waals surface area (Å²) >= 11 is 0. The third-order valence-electron chi connectivity index (χ3n) is 5.53. The van der Waals surface area contributed by atoms with Crippen molar-refractivity contribution in [1.82, 2.24) is 14.9 Å². The lowest BCUT2D eigenvalue weighted by Gasteiger charge is -2.36. The molecule has 186 valence electrons. The molecule has 0 atom stereocenters. The number of anilines is 1. The first-order valence-electron chi connectivity index (χ1n) is 10.9. The molecule has 0 unspecified atom stereocenters. The number of alkyl halides is 3. The van der Waals surface area contributed by atoms with Crippen LogP contribution in [0.3, 0.4) is 0 Å². The number of amides is 1. The molecule has 0 radical (unpaired) electrons. The van der Waals surface area contributed by atoms with Gasteiger partial charge in [-0.1, -0.05) is 18.2 Å². The highest BCUT2D eigenvalue weighted by atomic mass is 19.4. The molecule has 1 aliphatic heterocycles. The molecule has 0 saturated carbocycles. The maximum absolute atomic E-state index is 15.6. The van der Waals surface area contributed by atoms with Crippen molar-refractivity contribution in [3.63, 3.8) is 0 Å². The Labute approximate surface area is 198 Å². The first-order chi connectivity index (χ1) is 16.4. The van der Waals surface area contributed by atoms with E-state index in [-0.39, 0.29) is 42.9 Å². The van der Waals surface area contributed by atoms with Crippen LogP contribution >= 0.6 is 0 Å². The van der Waals surface area contributed by atoms with Crippen LogP contribution < -0.4 is 4.90 Å². The van der Waals surface area contributed by atoms with Crippen molar-refractivity contribution in [2.75, 3.05) is 31.1 Å². The number of ether oxygens (including phenoxy) is 1. The third-order valence-corrected chi connectivity index (χ3v) is 5.53. The normalized spacial score (nSPS) is 15.0. The van der Waals surface area contributed by atoms with E-state index >= 15 is 4.39 Å². The maximum Gasteiger partial charge on any atom is 0.417 e. The summed E-state index contributed by atoms with van der Waals surface area (Å²) in [6, 6.07) is 5.46. The molecule has 0 bridgehead atoms. The summed E-state index contributed by atoms with van der Waals surface area (Å²) in [7, 11) is 0. The minimum absolute atomic E-state index is 0.100. The molecule has 0 aliphatic carbocycles. The van der Waals surface area contributed by atoms with Crippen molar-refractivity contribution in [3.8, 4) is 11.1 Å². The van der Waals surface area contributed by atoms with Gasteiger partial charge in [-0.05, 0) is 32.9 Å². The van der Waals surface area contributed by atoms with E-state index in [1.807, 2.05) is 0 Å². The number of piperazine rings is 1. The summed E-state index contributed by atoms with van der Waals surface area (Å²) in [5.74, 6) is -2.16. The monoisotopic (exact) mass is 494 g/mol. The molecule has 1 aliphatic rings. The number of hydrogen-bond acceptors (Lipinski definition) is 5. The van der Waals surface area contributed by atoms with Crippen molar-refractivity contribution in [2.24, 2.45) is 0 Å². The van der Waals surface area contributed by atoms with E-state index in [0.717, 1.165) is 24.5 Å². The van der Waals surface area contributed by atoms with Gasteiger partial charge in [-0.15, -0.1) is 0 Å². The van der Waals surface area contributed by atoms with Crippen LogP contribution in [0.1, 0.15) is 26.3 Å². The average molecular weight is 494 g/mol. The summed E-state index contributed by atoms with van der Waals surface area (Å²) in [6.07, 6.45) is -4.40. The van der Waals surface area contributed by atoms with Gasteiger partial charge < -0.3 is 14.5 Å². The lowest BCUT2D eigenvalue weighted by Crippen LogP contribution is -2.50. The van der Waals surface area contributed by atoms with E-state index in [1.54, 1.807) is 25.7 Å². The molecule has 3 aromatic rings. The Hall–Kier alpha value is -3.50. The number of hydrogen-bond donors (Lipinski definition) is 0. The summed E-state index contributed by atoms with van der Waals surface area (Å²) in [5, 5.41) is -0.150. The van der Waals surface area contributed by atoms with E-state index in [0.29, 0.717) is 0 Å². The molecule has 1 saturated heterocycles. The SMILES string of the molecule is CC(C)(C)OC(=O)N1CCN(c2ncnc3c(F)c(-c4ccccc4F)c(C(F)(F)F)cc23)CC1. The van der Waals surface area contributed by atoms with Gasteiger partial charge in [-0.2, -0.15) is 13.2 Å². The van der Waals surface area contributed by atoms with E-state index in [2.05, 4.69) is 9.97 Å². The molecule has 35 heavy (non-hydrogen) atoms. The molecule has 1 amide bonds. The first-order valence-corrected chi connectivity index (χ1v) is 10.9. The smallest absolute Gasteiger partial charge is 0.417 e. The largest absolute Gasteiger partial charge is 0.444 e. The molecular formula is C24H23F5N4O2. The summed E-state index contributed by atoms with van der Waals surface area (Å²) < 4.78 is 77.4. The first kappa shape index (κ1) is 24.6. The van der Waals surface area contributed by atoms with Gasteiger partial charge in [0, 0.05) is 42.7 Å². The highest BCUT2D eigenvalue weighted by molar-refractivity contribution is 5.94. The molecule has 11 heteroatoms. The fourth-order valence-corrected chi connectivity index (χ4v) is 3.98. The minimum atomic E-state index is -4.96. The zero-order valence-corrected chi connectivity index (χ0v) is 19.3. The van der Waals surface area contributed by atoms with Crippen molar-refractivity contribution in [1.29, 1.82) is 0 Å². The number of aromatic nitrogens is 2. The number of rotatable bonds is 2. The Bertz CT molecular complexity index is 1270. The summed E-state index contributed by atoms with van der Waals surface area (Å²) in [6.45, 7) is 6.20. The molecule has 0 spiro atoms. The maximum atomic E-state index is 15.6. The van der Waals surface area contributed by atoms with E-state index in [4.69, 9.17) is 4.74 Å². The van der Waals surface area contributed by atoms with Crippen molar-refractivity contribution in [2.45, 2.75) is 32.5 Å². The third kappa shape index (κ3) is 4.98. The minimum Gasteiger partial charge on any atom is -0.444 e. The highest BCUT2D eigenvalue weighted by Crippen LogP contribution is 2.43. The predicted octanol–water partition coefficient (Wildman–Crippen LogP) is 5.65. The van der Waals surface area contributed by atoms with Gasteiger partial charge in [0.2, 0.25) is 0 Å². The van der Waals surface area contributed by atoms with Crippen LogP contribution in [0.25, 0.3) is 22.0 Å². The molecule has 1 fully saturated rings. The number of fused-ring (bicyclic) bond motifs is 1. The van der Waals surface area contributed by atoms with Crippen LogP contribution in [0.15, 0.2) is 36.7 Å². The Balaban J connectivity index is 1.75. The molecular weight excluding hydrogens is 471 g/mol. The highest BCUT2D eigenvalue weighted by Gasteiger charge is 2.38. The Kier molecular flexibility index (Phi) is 6.29. The molecule has 2 aromatic carbocycles. The predicted molar refractivity (Wildman–Crippen MR) is 120 cm³/mol. The zero-order valence-electron chi connectivity index (χ0n) is 19.3. The lowest BCUT2D eigenvalue weighted by atomic mass is 9.95. The van der Waals surface area contributed by atoms with Gasteiger partial charge in [-0.25, -0.2) is 23.5 Å². The van der Waals surface area contributed by atoms with Gasteiger partial charge in [0.25, 0.3) is 0 Å². The molecule has 4 rings (SSSR count). The number of benzene rings is 2. The van der Waals surface area contributed by atoms with Crippen LogP contribution in [0.4, 0.5) is 32.6 Å². The topological polar surface area (TPSA) is 58.6 Å². The average Bonchev–Trinajstić information content (AvgIpc) is 2.78. The number of nitrogens with zero attached hydrogens (tertiary/aromatic N) is 4. The van der Waals surface area contributed by atoms with Gasteiger partial charge in [0.15, 0.2) is 5.82 Å². The van der Waals surface area contributed by atoms with Crippen molar-refractivity contribution in [3.05, 3.63) is 53.9 Å². The van der Waals surface area contributed by atoms with Crippen molar-refractivity contribution >= 4 is 22.8 Å². The van der Waals surface area contributed by atoms with Crippen LogP contribution in [0.2, 0.25) is 0 Å². The second-order valence-corrected chi connectivity index (χ2v) is 9.14. The summed E-state index contributed by atoms with van der Waals surface area (Å²) in [5.41, 5.74) is -3.75. The van der Waals surface area contributed by atoms with E-state index in [1.165, 1.54) is 17.0 Å². The fourth-order valence-electron chi connectivity index (χ4n) is 3.98. The van der Waals surface area contributed by atoms with Crippen LogP contribution in [0.5, 0.6) is 0 Å². The van der Waals surface area contributed by atoms with E-state index < -0.39 is 46.2 Å². The molecule has 0 N–H and O–H groups in total. The number of halogens is 5. The fraction of sp³-hybridized carbons (Fsp3) is 0.375. The van der Waals surface area contributed by atoms with Crippen LogP contribution in [0, 0.1) is 11.6 Å². The standard InChI is InChI=1S/C24H23F5N4O2/c1-23(2,3)35-22(34)33-10-8-32(9-11-33)21-15-12-16(24(27,28)29)18(14-6-4-5-7-17(14)25)19(26)20(15)30-13-31-21/h4-7,12-13H,8-11H2,1-3H3. The molecule has 2 heterocycles. The zero-order chi connectivity index (χ0) is 25.5. The number of carbonyl (C=O) groups excluding carboxylic acids is 1. The van der Waals surface area contributed by atoms with Gasteiger partial charge in [0.05, 0.1) is 5.56 Å². The van der Waals surface area contributed by atoms with Gasteiger partial charge >= 0.3 is 12.3 Å². The Morgan fingerprint density at radius 3 is 2.26 bits per heavy atom. The molecule has 1 aromatic heterocycles. The summed E-state index contributed by atoms with van der Waals surface area (Å²) in [4.78, 5) is 23.5. The second kappa shape index (κ2) is 8.94. The lowest BCUT2D eigenvalue weighted by molar-refractivity contribution is -0.137. The van der Waals surface area contributed by atoms with Gasteiger partial charge in [0.1, 0.15) is 29.1 Å².